The summed E-state index contributed by atoms with van der Waals surface area (Å²) in [6.07, 6.45) is 0. The molecule has 1 amide bonds. The maximum absolute atomic E-state index is 12.8. The number of hydrogen-bond donors (Lipinski definition) is 2. The van der Waals surface area contributed by atoms with Crippen molar-refractivity contribution in [1.29, 1.82) is 0 Å². The van der Waals surface area contributed by atoms with Crippen molar-refractivity contribution >= 4 is 24.0 Å². The van der Waals surface area contributed by atoms with Crippen LogP contribution in [0.3, 0.4) is 0 Å². The molecule has 6 heteroatoms. The van der Waals surface area contributed by atoms with Gasteiger partial charge >= 0.3 is 0 Å². The number of para-hydroxylation sites is 2. The summed E-state index contributed by atoms with van der Waals surface area (Å²) in [6, 6.07) is 17.7. The highest BCUT2D eigenvalue weighted by Gasteiger charge is 2.36. The van der Waals surface area contributed by atoms with Crippen LogP contribution in [0, 0.1) is 5.92 Å². The van der Waals surface area contributed by atoms with Crippen molar-refractivity contribution < 1.29 is 9.53 Å². The molecule has 0 aliphatic carbocycles. The number of ether oxygens (including phenoxy) is 1. The number of benzene rings is 2. The summed E-state index contributed by atoms with van der Waals surface area (Å²) in [4.78, 5) is 15.0. The number of anilines is 1. The number of carbonyl (C=O) groups excluding carboxylic acids is 1. The fourth-order valence-electron chi connectivity index (χ4n) is 3.69. The molecule has 1 aliphatic rings. The summed E-state index contributed by atoms with van der Waals surface area (Å²) in [6.45, 7) is 4.24. The molecule has 5 nitrogen and oxygen atoms in total. The number of hydrogen-bond acceptors (Lipinski definition) is 4. The Labute approximate surface area is 167 Å². The van der Waals surface area contributed by atoms with Crippen LogP contribution in [0.4, 0.5) is 5.69 Å². The number of nitrogens with two attached hydrogens (primary N) is 1. The van der Waals surface area contributed by atoms with Gasteiger partial charge in [0, 0.05) is 19.0 Å². The van der Waals surface area contributed by atoms with E-state index in [1.807, 2.05) is 37.3 Å². The van der Waals surface area contributed by atoms with Gasteiger partial charge in [-0.1, -0.05) is 42.5 Å². The summed E-state index contributed by atoms with van der Waals surface area (Å²) in [7, 11) is 1.60. The van der Waals surface area contributed by atoms with Gasteiger partial charge in [0.25, 0.3) is 0 Å². The minimum absolute atomic E-state index is 0. The van der Waals surface area contributed by atoms with Crippen LogP contribution in [0.2, 0.25) is 0 Å². The highest BCUT2D eigenvalue weighted by Crippen LogP contribution is 2.33. The maximum Gasteiger partial charge on any atom is 0.241 e. The van der Waals surface area contributed by atoms with Gasteiger partial charge in [0.2, 0.25) is 5.91 Å². The fourth-order valence-corrected chi connectivity index (χ4v) is 3.69. The molecule has 146 valence electrons. The first-order valence-electron chi connectivity index (χ1n) is 9.07. The standard InChI is InChI=1S/C21H27N3O2.ClH/c1-15(21(25)23-19-10-6-7-11-20(19)26-2)24-13-17(12-22)18(14-24)16-8-4-3-5-9-16;/h3-11,15,17-18H,12-14,22H2,1-2H3,(H,23,25);1H/t15?,17-,18+;/m1./s1. The van der Waals surface area contributed by atoms with Crippen LogP contribution < -0.4 is 15.8 Å². The van der Waals surface area contributed by atoms with E-state index >= 15 is 0 Å². The molecule has 3 N–H and O–H groups in total. The molecular weight excluding hydrogens is 362 g/mol. The van der Waals surface area contributed by atoms with Crippen LogP contribution in [0.5, 0.6) is 5.75 Å². The number of halogens is 1. The quantitative estimate of drug-likeness (QED) is 0.796. The SMILES string of the molecule is COc1ccccc1NC(=O)C(C)N1C[C@@H](CN)[C@H](c2ccccc2)C1.Cl. The van der Waals surface area contributed by atoms with E-state index in [0.717, 1.165) is 13.1 Å². The Morgan fingerprint density at radius 3 is 2.52 bits per heavy atom. The fraction of sp³-hybridized carbons (Fsp3) is 0.381. The number of rotatable bonds is 6. The Morgan fingerprint density at radius 1 is 1.19 bits per heavy atom. The predicted molar refractivity (Wildman–Crippen MR) is 112 cm³/mol. The highest BCUT2D eigenvalue weighted by molar-refractivity contribution is 5.95. The molecule has 2 aromatic rings. The van der Waals surface area contributed by atoms with E-state index in [1.54, 1.807) is 7.11 Å². The van der Waals surface area contributed by atoms with Crippen LogP contribution in [-0.2, 0) is 4.79 Å². The van der Waals surface area contributed by atoms with Crippen LogP contribution in [0.25, 0.3) is 0 Å². The number of nitrogens with zero attached hydrogens (tertiary/aromatic N) is 1. The molecule has 0 bridgehead atoms. The smallest absolute Gasteiger partial charge is 0.241 e. The van der Waals surface area contributed by atoms with E-state index in [-0.39, 0.29) is 24.4 Å². The number of amides is 1. The first-order valence-corrected chi connectivity index (χ1v) is 9.07. The van der Waals surface area contributed by atoms with E-state index < -0.39 is 0 Å². The van der Waals surface area contributed by atoms with E-state index in [9.17, 15) is 4.79 Å². The molecule has 0 spiro atoms. The lowest BCUT2D eigenvalue weighted by Crippen LogP contribution is -2.41. The van der Waals surface area contributed by atoms with Crippen molar-refractivity contribution in [2.24, 2.45) is 11.7 Å². The van der Waals surface area contributed by atoms with Gasteiger partial charge in [0.05, 0.1) is 18.8 Å². The Bertz CT molecular complexity index is 741. The predicted octanol–water partition coefficient (Wildman–Crippen LogP) is 3.12. The van der Waals surface area contributed by atoms with Gasteiger partial charge < -0.3 is 15.8 Å². The van der Waals surface area contributed by atoms with Crippen molar-refractivity contribution in [1.82, 2.24) is 4.90 Å². The van der Waals surface area contributed by atoms with Gasteiger partial charge in [-0.2, -0.15) is 0 Å². The topological polar surface area (TPSA) is 67.6 Å². The second-order valence-electron chi connectivity index (χ2n) is 6.83. The molecule has 2 aromatic carbocycles. The summed E-state index contributed by atoms with van der Waals surface area (Å²) in [5.41, 5.74) is 8.01. The summed E-state index contributed by atoms with van der Waals surface area (Å²) < 4.78 is 5.32. The lowest BCUT2D eigenvalue weighted by atomic mass is 9.89. The molecule has 1 heterocycles. The molecule has 0 saturated carbocycles. The third kappa shape index (κ3) is 4.80. The van der Waals surface area contributed by atoms with E-state index in [4.69, 9.17) is 10.5 Å². The average Bonchev–Trinajstić information content (AvgIpc) is 3.13. The van der Waals surface area contributed by atoms with Crippen molar-refractivity contribution in [3.63, 3.8) is 0 Å². The van der Waals surface area contributed by atoms with Gasteiger partial charge in [-0.15, -0.1) is 12.4 Å². The third-order valence-corrected chi connectivity index (χ3v) is 5.29. The molecule has 1 unspecified atom stereocenters. The van der Waals surface area contributed by atoms with Crippen LogP contribution in [0.1, 0.15) is 18.4 Å². The van der Waals surface area contributed by atoms with Crippen LogP contribution in [0.15, 0.2) is 54.6 Å². The summed E-state index contributed by atoms with van der Waals surface area (Å²) in [5.74, 6) is 1.36. The van der Waals surface area contributed by atoms with E-state index in [2.05, 4.69) is 34.5 Å². The maximum atomic E-state index is 12.8. The third-order valence-electron chi connectivity index (χ3n) is 5.29. The molecule has 1 saturated heterocycles. The van der Waals surface area contributed by atoms with Crippen molar-refractivity contribution in [2.45, 2.75) is 18.9 Å². The Kier molecular flexibility index (Phi) is 7.66. The zero-order chi connectivity index (χ0) is 18.5. The van der Waals surface area contributed by atoms with E-state index in [0.29, 0.717) is 29.8 Å². The zero-order valence-corrected chi connectivity index (χ0v) is 16.6. The molecule has 1 aliphatic heterocycles. The number of nitrogens with one attached hydrogen (secondary N) is 1. The van der Waals surface area contributed by atoms with Crippen molar-refractivity contribution in [3.05, 3.63) is 60.2 Å². The second-order valence-corrected chi connectivity index (χ2v) is 6.83. The number of methoxy groups -OCH3 is 1. The minimum atomic E-state index is -0.234. The van der Waals surface area contributed by atoms with Crippen LogP contribution >= 0.6 is 12.4 Å². The van der Waals surface area contributed by atoms with Gasteiger partial charge in [-0.05, 0) is 37.1 Å². The Hall–Kier alpha value is -2.08. The molecular formula is C21H28ClN3O2. The Balaban J connectivity index is 0.00000261. The summed E-state index contributed by atoms with van der Waals surface area (Å²) >= 11 is 0. The molecule has 3 atom stereocenters. The minimum Gasteiger partial charge on any atom is -0.495 e. The summed E-state index contributed by atoms with van der Waals surface area (Å²) in [5, 5.41) is 2.99. The highest BCUT2D eigenvalue weighted by atomic mass is 35.5. The number of likely N-dealkylation sites (tertiary alicyclic amines) is 1. The number of carbonyl (C=O) groups is 1. The first kappa shape index (κ1) is 21.2. The van der Waals surface area contributed by atoms with Gasteiger partial charge in [0.15, 0.2) is 0 Å². The molecule has 1 fully saturated rings. The molecule has 3 rings (SSSR count). The first-order chi connectivity index (χ1) is 12.6. The Morgan fingerprint density at radius 2 is 1.85 bits per heavy atom. The normalized spacial score (nSPS) is 20.6. The van der Waals surface area contributed by atoms with Crippen molar-refractivity contribution in [2.75, 3.05) is 32.1 Å². The molecule has 0 aromatic heterocycles. The average molecular weight is 390 g/mol. The monoisotopic (exact) mass is 389 g/mol. The lowest BCUT2D eigenvalue weighted by Gasteiger charge is -2.24. The second kappa shape index (κ2) is 9.74. The van der Waals surface area contributed by atoms with Gasteiger partial charge in [-0.3, -0.25) is 9.69 Å². The molecule has 27 heavy (non-hydrogen) atoms. The van der Waals surface area contributed by atoms with Gasteiger partial charge in [-0.25, -0.2) is 0 Å². The van der Waals surface area contributed by atoms with Crippen LogP contribution in [-0.4, -0.2) is 43.6 Å². The molecule has 0 radical (unpaired) electrons. The zero-order valence-electron chi connectivity index (χ0n) is 15.8. The largest absolute Gasteiger partial charge is 0.495 e. The van der Waals surface area contributed by atoms with Gasteiger partial charge in [0.1, 0.15) is 5.75 Å². The lowest BCUT2D eigenvalue weighted by molar-refractivity contribution is -0.120. The van der Waals surface area contributed by atoms with Crippen molar-refractivity contribution in [3.8, 4) is 5.75 Å². The van der Waals surface area contributed by atoms with E-state index in [1.165, 1.54) is 5.56 Å².